The Morgan fingerprint density at radius 1 is 1.36 bits per heavy atom. The fourth-order valence-corrected chi connectivity index (χ4v) is 2.93. The van der Waals surface area contributed by atoms with E-state index in [2.05, 4.69) is 14.9 Å². The van der Waals surface area contributed by atoms with Crippen LogP contribution in [0.5, 0.6) is 5.75 Å². The van der Waals surface area contributed by atoms with E-state index in [1.54, 1.807) is 19.2 Å². The Morgan fingerprint density at radius 2 is 2.08 bits per heavy atom. The van der Waals surface area contributed by atoms with E-state index in [1.165, 1.54) is 17.9 Å². The van der Waals surface area contributed by atoms with Crippen molar-refractivity contribution < 1.29 is 4.74 Å². The van der Waals surface area contributed by atoms with Gasteiger partial charge < -0.3 is 15.4 Å². The molecule has 0 atom stereocenters. The Bertz CT molecular complexity index is 860. The molecule has 1 aliphatic heterocycles. The molecular weight excluding hydrogens is 320 g/mol. The number of hydrogen-bond donors (Lipinski definition) is 1. The van der Waals surface area contributed by atoms with E-state index in [-0.39, 0.29) is 17.4 Å². The predicted molar refractivity (Wildman–Crippen MR) is 93.4 cm³/mol. The van der Waals surface area contributed by atoms with Crippen LogP contribution in [0.4, 0.5) is 5.95 Å². The molecule has 0 radical (unpaired) electrons. The van der Waals surface area contributed by atoms with E-state index in [0.717, 1.165) is 25.9 Å². The fraction of sp³-hybridized carbons (Fsp3) is 0.412. The Hall–Kier alpha value is -2.92. The summed E-state index contributed by atoms with van der Waals surface area (Å²) in [6.07, 6.45) is 3.24. The number of nitrogens with zero attached hydrogens (tertiary/aromatic N) is 5. The fourth-order valence-electron chi connectivity index (χ4n) is 2.93. The number of nitrogens with two attached hydrogens (primary N) is 1. The first-order chi connectivity index (χ1) is 12.0. The van der Waals surface area contributed by atoms with Gasteiger partial charge in [0, 0.05) is 37.9 Å². The van der Waals surface area contributed by atoms with Crippen LogP contribution >= 0.6 is 0 Å². The molecule has 0 aromatic carbocycles. The maximum atomic E-state index is 12.7. The van der Waals surface area contributed by atoms with Gasteiger partial charge in [0.1, 0.15) is 17.5 Å². The van der Waals surface area contributed by atoms with Crippen LogP contribution in [-0.2, 0) is 7.05 Å². The molecule has 1 saturated heterocycles. The maximum absolute atomic E-state index is 12.7. The minimum Gasteiger partial charge on any atom is -0.490 e. The minimum absolute atomic E-state index is 0.159. The molecule has 1 aliphatic rings. The van der Waals surface area contributed by atoms with Gasteiger partial charge in [0.25, 0.3) is 5.56 Å². The molecule has 0 bridgehead atoms. The number of nitriles is 1. The number of ether oxygens (including phenoxy) is 1. The van der Waals surface area contributed by atoms with E-state index in [9.17, 15) is 4.79 Å². The lowest BCUT2D eigenvalue weighted by molar-refractivity contribution is 0.403. The molecule has 0 unspecified atom stereocenters. The number of piperidine rings is 1. The smallest absolute Gasteiger partial charge is 0.297 e. The van der Waals surface area contributed by atoms with Crippen molar-refractivity contribution in [2.75, 3.05) is 25.1 Å². The van der Waals surface area contributed by atoms with Gasteiger partial charge in [-0.15, -0.1) is 0 Å². The lowest BCUT2D eigenvalue weighted by atomic mass is 10.1. The number of pyridine rings is 1. The second-order valence-electron chi connectivity index (χ2n) is 6.03. The topological polar surface area (TPSA) is 110 Å². The van der Waals surface area contributed by atoms with Crippen LogP contribution in [0.2, 0.25) is 0 Å². The number of methoxy groups -OCH3 is 1. The van der Waals surface area contributed by atoms with Gasteiger partial charge in [-0.3, -0.25) is 9.36 Å². The van der Waals surface area contributed by atoms with E-state index >= 15 is 0 Å². The second kappa shape index (κ2) is 6.91. The monoisotopic (exact) mass is 340 g/mol. The Labute approximate surface area is 145 Å². The van der Waals surface area contributed by atoms with Gasteiger partial charge >= 0.3 is 0 Å². The van der Waals surface area contributed by atoms with Crippen LogP contribution in [0.25, 0.3) is 11.3 Å². The molecule has 130 valence electrons. The summed E-state index contributed by atoms with van der Waals surface area (Å²) < 4.78 is 6.80. The second-order valence-corrected chi connectivity index (χ2v) is 6.03. The highest BCUT2D eigenvalue weighted by Crippen LogP contribution is 2.27. The van der Waals surface area contributed by atoms with Crippen LogP contribution in [0, 0.1) is 11.3 Å². The molecule has 0 aliphatic carbocycles. The SMILES string of the molecule is COc1c(-c2ccc(C#N)nc2)nc(N2CCC(N)CC2)n(C)c1=O. The lowest BCUT2D eigenvalue weighted by Gasteiger charge is -2.32. The summed E-state index contributed by atoms with van der Waals surface area (Å²) in [5.74, 6) is 0.739. The van der Waals surface area contributed by atoms with Crippen molar-refractivity contribution in [3.05, 3.63) is 34.4 Å². The van der Waals surface area contributed by atoms with Crippen molar-refractivity contribution in [2.24, 2.45) is 12.8 Å². The van der Waals surface area contributed by atoms with Crippen molar-refractivity contribution in [3.8, 4) is 23.1 Å². The van der Waals surface area contributed by atoms with Gasteiger partial charge in [-0.1, -0.05) is 0 Å². The summed E-state index contributed by atoms with van der Waals surface area (Å²) in [6.45, 7) is 1.50. The highest BCUT2D eigenvalue weighted by molar-refractivity contribution is 5.67. The van der Waals surface area contributed by atoms with Crippen molar-refractivity contribution in [3.63, 3.8) is 0 Å². The normalized spacial score (nSPS) is 15.0. The third-order valence-corrected chi connectivity index (χ3v) is 4.40. The molecule has 0 amide bonds. The van der Waals surface area contributed by atoms with Gasteiger partial charge in [-0.25, -0.2) is 9.97 Å². The maximum Gasteiger partial charge on any atom is 0.297 e. The molecule has 8 nitrogen and oxygen atoms in total. The number of aromatic nitrogens is 3. The van der Waals surface area contributed by atoms with Gasteiger partial charge in [0.2, 0.25) is 11.7 Å². The molecule has 3 heterocycles. The van der Waals surface area contributed by atoms with Crippen LogP contribution < -0.4 is 20.9 Å². The first-order valence-electron chi connectivity index (χ1n) is 8.07. The number of rotatable bonds is 3. The molecule has 8 heteroatoms. The molecule has 0 saturated carbocycles. The standard InChI is InChI=1S/C17H20N6O2/c1-22-16(24)15(25-2)14(11-3-4-13(9-18)20-10-11)21-17(22)23-7-5-12(19)6-8-23/h3-4,10,12H,5-8,19H2,1-2H3. The zero-order valence-electron chi connectivity index (χ0n) is 14.3. The van der Waals surface area contributed by atoms with Gasteiger partial charge in [0.15, 0.2) is 0 Å². The van der Waals surface area contributed by atoms with Crippen LogP contribution in [0.15, 0.2) is 23.1 Å². The molecule has 25 heavy (non-hydrogen) atoms. The van der Waals surface area contributed by atoms with Crippen LogP contribution in [0.3, 0.4) is 0 Å². The summed E-state index contributed by atoms with van der Waals surface area (Å²) >= 11 is 0. The van der Waals surface area contributed by atoms with Gasteiger partial charge in [-0.05, 0) is 25.0 Å². The lowest BCUT2D eigenvalue weighted by Crippen LogP contribution is -2.42. The van der Waals surface area contributed by atoms with Crippen LogP contribution in [0.1, 0.15) is 18.5 Å². The molecule has 2 aromatic rings. The largest absolute Gasteiger partial charge is 0.490 e. The molecule has 3 rings (SSSR count). The minimum atomic E-state index is -0.262. The molecule has 2 aromatic heterocycles. The zero-order valence-corrected chi connectivity index (χ0v) is 14.3. The van der Waals surface area contributed by atoms with E-state index in [1.807, 2.05) is 6.07 Å². The first-order valence-corrected chi connectivity index (χ1v) is 8.07. The highest BCUT2D eigenvalue weighted by Gasteiger charge is 2.23. The average Bonchev–Trinajstić information content (AvgIpc) is 2.65. The third-order valence-electron chi connectivity index (χ3n) is 4.40. The van der Waals surface area contributed by atoms with E-state index in [0.29, 0.717) is 22.9 Å². The molecule has 1 fully saturated rings. The van der Waals surface area contributed by atoms with Crippen molar-refractivity contribution >= 4 is 5.95 Å². The zero-order chi connectivity index (χ0) is 18.0. The quantitative estimate of drug-likeness (QED) is 0.873. The average molecular weight is 340 g/mol. The van der Waals surface area contributed by atoms with Gasteiger partial charge in [-0.2, -0.15) is 5.26 Å². The van der Waals surface area contributed by atoms with E-state index < -0.39 is 0 Å². The molecule has 2 N–H and O–H groups in total. The first kappa shape index (κ1) is 16.9. The summed E-state index contributed by atoms with van der Waals surface area (Å²) in [6, 6.07) is 5.47. The number of anilines is 1. The Morgan fingerprint density at radius 3 is 2.64 bits per heavy atom. The van der Waals surface area contributed by atoms with Gasteiger partial charge in [0.05, 0.1) is 7.11 Å². The Balaban J connectivity index is 2.10. The van der Waals surface area contributed by atoms with Crippen LogP contribution in [-0.4, -0.2) is 40.8 Å². The summed E-state index contributed by atoms with van der Waals surface area (Å²) in [5, 5.41) is 8.89. The predicted octanol–water partition coefficient (Wildman–Crippen LogP) is 0.650. The summed E-state index contributed by atoms with van der Waals surface area (Å²) in [4.78, 5) is 23.5. The number of hydrogen-bond acceptors (Lipinski definition) is 7. The summed E-state index contributed by atoms with van der Waals surface area (Å²) in [5.41, 5.74) is 7.06. The van der Waals surface area contributed by atoms with Crippen molar-refractivity contribution in [2.45, 2.75) is 18.9 Å². The Kier molecular flexibility index (Phi) is 4.67. The molecule has 0 spiro atoms. The van der Waals surface area contributed by atoms with E-state index in [4.69, 9.17) is 15.7 Å². The third kappa shape index (κ3) is 3.19. The molecular formula is C17H20N6O2. The van der Waals surface area contributed by atoms with Crippen molar-refractivity contribution in [1.82, 2.24) is 14.5 Å². The van der Waals surface area contributed by atoms with Crippen molar-refractivity contribution in [1.29, 1.82) is 5.26 Å². The summed E-state index contributed by atoms with van der Waals surface area (Å²) in [7, 11) is 3.13. The highest BCUT2D eigenvalue weighted by atomic mass is 16.5.